The number of aryl methyl sites for hydroxylation is 2. The minimum Gasteiger partial charge on any atom is -0.309 e. The number of aromatic amines is 1. The summed E-state index contributed by atoms with van der Waals surface area (Å²) in [6.45, 7) is 6.86. The molecule has 1 aliphatic carbocycles. The predicted octanol–water partition coefficient (Wildman–Crippen LogP) is 2.88. The molecule has 108 valence electrons. The van der Waals surface area contributed by atoms with E-state index in [0.29, 0.717) is 12.6 Å². The number of thiophene rings is 1. The number of aromatic nitrogens is 2. The molecule has 2 heterocycles. The van der Waals surface area contributed by atoms with Gasteiger partial charge >= 0.3 is 0 Å². The Bertz CT molecular complexity index is 684. The van der Waals surface area contributed by atoms with Gasteiger partial charge in [-0.2, -0.15) is 0 Å². The van der Waals surface area contributed by atoms with Gasteiger partial charge in [-0.15, -0.1) is 11.3 Å². The molecule has 20 heavy (non-hydrogen) atoms. The van der Waals surface area contributed by atoms with Gasteiger partial charge in [0.15, 0.2) is 0 Å². The molecule has 0 radical (unpaired) electrons. The van der Waals surface area contributed by atoms with Gasteiger partial charge in [-0.05, 0) is 38.7 Å². The van der Waals surface area contributed by atoms with Crippen molar-refractivity contribution in [2.75, 3.05) is 0 Å². The molecule has 1 saturated carbocycles. The van der Waals surface area contributed by atoms with Gasteiger partial charge in [-0.1, -0.05) is 12.8 Å². The molecule has 0 aromatic carbocycles. The molecule has 1 aliphatic rings. The fourth-order valence-corrected chi connectivity index (χ4v) is 3.64. The third kappa shape index (κ3) is 2.79. The third-order valence-corrected chi connectivity index (χ3v) is 5.19. The second-order valence-electron chi connectivity index (χ2n) is 5.94. The van der Waals surface area contributed by atoms with Gasteiger partial charge in [0, 0.05) is 10.9 Å². The fourth-order valence-electron chi connectivity index (χ4n) is 2.59. The van der Waals surface area contributed by atoms with Crippen LogP contribution >= 0.6 is 11.3 Å². The number of nitrogens with one attached hydrogen (secondary N) is 2. The van der Waals surface area contributed by atoms with E-state index in [1.807, 2.05) is 13.8 Å². The maximum Gasteiger partial charge on any atom is 0.259 e. The summed E-state index contributed by atoms with van der Waals surface area (Å²) in [4.78, 5) is 21.7. The van der Waals surface area contributed by atoms with Crippen LogP contribution in [0.1, 0.15) is 42.5 Å². The summed E-state index contributed by atoms with van der Waals surface area (Å²) in [7, 11) is 0. The van der Waals surface area contributed by atoms with Gasteiger partial charge in [0.25, 0.3) is 5.56 Å². The minimum absolute atomic E-state index is 0.0107. The van der Waals surface area contributed by atoms with Gasteiger partial charge in [-0.25, -0.2) is 4.98 Å². The molecule has 3 rings (SSSR count). The maximum atomic E-state index is 12.1. The van der Waals surface area contributed by atoms with Crippen molar-refractivity contribution < 1.29 is 0 Å². The van der Waals surface area contributed by atoms with Crippen molar-refractivity contribution >= 4 is 21.6 Å². The van der Waals surface area contributed by atoms with E-state index in [1.54, 1.807) is 11.3 Å². The molecular weight excluding hydrogens is 270 g/mol. The topological polar surface area (TPSA) is 57.8 Å². The van der Waals surface area contributed by atoms with Crippen LogP contribution in [0.15, 0.2) is 4.79 Å². The third-order valence-electron chi connectivity index (χ3n) is 4.09. The summed E-state index contributed by atoms with van der Waals surface area (Å²) >= 11 is 1.60. The highest BCUT2D eigenvalue weighted by Crippen LogP contribution is 2.33. The maximum absolute atomic E-state index is 12.1. The average Bonchev–Trinajstić information content (AvgIpc) is 3.14. The Morgan fingerprint density at radius 3 is 2.90 bits per heavy atom. The molecule has 1 fully saturated rings. The van der Waals surface area contributed by atoms with Gasteiger partial charge in [0.1, 0.15) is 10.7 Å². The van der Waals surface area contributed by atoms with E-state index in [0.717, 1.165) is 27.5 Å². The van der Waals surface area contributed by atoms with Gasteiger partial charge in [0.2, 0.25) is 0 Å². The molecular formula is C15H21N3OS. The Labute approximate surface area is 122 Å². The van der Waals surface area contributed by atoms with Crippen molar-refractivity contribution in [3.63, 3.8) is 0 Å². The van der Waals surface area contributed by atoms with Crippen LogP contribution in [0.5, 0.6) is 0 Å². The number of nitrogens with zero attached hydrogens (tertiary/aromatic N) is 1. The van der Waals surface area contributed by atoms with Gasteiger partial charge in [0.05, 0.1) is 11.9 Å². The quantitative estimate of drug-likeness (QED) is 0.890. The SMILES string of the molecule is Cc1sc2nc(CNC(C)CC3CC3)[nH]c(=O)c2c1C. The van der Waals surface area contributed by atoms with Crippen LogP contribution in [0.3, 0.4) is 0 Å². The predicted molar refractivity (Wildman–Crippen MR) is 83.4 cm³/mol. The lowest BCUT2D eigenvalue weighted by molar-refractivity contribution is 0.480. The first-order valence-corrected chi connectivity index (χ1v) is 8.08. The average molecular weight is 291 g/mol. The Kier molecular flexibility index (Phi) is 3.65. The van der Waals surface area contributed by atoms with Crippen molar-refractivity contribution in [1.82, 2.24) is 15.3 Å². The zero-order chi connectivity index (χ0) is 14.3. The Morgan fingerprint density at radius 1 is 1.45 bits per heavy atom. The van der Waals surface area contributed by atoms with Crippen molar-refractivity contribution in [3.05, 3.63) is 26.6 Å². The first-order valence-electron chi connectivity index (χ1n) is 7.27. The molecule has 0 bridgehead atoms. The Morgan fingerprint density at radius 2 is 2.20 bits per heavy atom. The molecule has 2 N–H and O–H groups in total. The van der Waals surface area contributed by atoms with E-state index in [9.17, 15) is 4.79 Å². The van der Waals surface area contributed by atoms with Crippen molar-refractivity contribution in [2.45, 2.75) is 52.6 Å². The molecule has 4 nitrogen and oxygen atoms in total. The minimum atomic E-state index is -0.0107. The summed E-state index contributed by atoms with van der Waals surface area (Å²) in [5.41, 5.74) is 1.05. The second-order valence-corrected chi connectivity index (χ2v) is 7.14. The van der Waals surface area contributed by atoms with Crippen molar-refractivity contribution in [3.8, 4) is 0 Å². The van der Waals surface area contributed by atoms with Crippen molar-refractivity contribution in [1.29, 1.82) is 0 Å². The van der Waals surface area contributed by atoms with Gasteiger partial charge in [-0.3, -0.25) is 4.79 Å². The molecule has 0 spiro atoms. The smallest absolute Gasteiger partial charge is 0.259 e. The largest absolute Gasteiger partial charge is 0.309 e. The van der Waals surface area contributed by atoms with Crippen molar-refractivity contribution in [2.24, 2.45) is 5.92 Å². The van der Waals surface area contributed by atoms with Crippen LogP contribution in [0.4, 0.5) is 0 Å². The normalized spacial score (nSPS) is 16.8. The molecule has 0 aliphatic heterocycles. The van der Waals surface area contributed by atoms with Crippen LogP contribution in [0.25, 0.3) is 10.2 Å². The fraction of sp³-hybridized carbons (Fsp3) is 0.600. The molecule has 0 amide bonds. The molecule has 0 saturated heterocycles. The summed E-state index contributed by atoms with van der Waals surface area (Å²) in [6, 6.07) is 0.482. The molecule has 5 heteroatoms. The zero-order valence-electron chi connectivity index (χ0n) is 12.2. The molecule has 2 aromatic rings. The Hall–Kier alpha value is -1.20. The number of fused-ring (bicyclic) bond motifs is 1. The highest BCUT2D eigenvalue weighted by Gasteiger charge is 2.23. The van der Waals surface area contributed by atoms with Crippen LogP contribution in [0.2, 0.25) is 0 Å². The number of rotatable bonds is 5. The van der Waals surface area contributed by atoms with E-state index in [1.165, 1.54) is 24.1 Å². The van der Waals surface area contributed by atoms with E-state index in [4.69, 9.17) is 0 Å². The first-order chi connectivity index (χ1) is 9.54. The van der Waals surface area contributed by atoms with E-state index < -0.39 is 0 Å². The van der Waals surface area contributed by atoms with Gasteiger partial charge < -0.3 is 10.3 Å². The second kappa shape index (κ2) is 5.30. The number of H-pyrrole nitrogens is 1. The summed E-state index contributed by atoms with van der Waals surface area (Å²) < 4.78 is 0. The summed E-state index contributed by atoms with van der Waals surface area (Å²) in [6.07, 6.45) is 3.98. The van der Waals surface area contributed by atoms with Crippen LogP contribution in [-0.4, -0.2) is 16.0 Å². The van der Waals surface area contributed by atoms with Crippen LogP contribution in [0, 0.1) is 19.8 Å². The summed E-state index contributed by atoms with van der Waals surface area (Å²) in [5.74, 6) is 1.65. The standard InChI is InChI=1S/C15H21N3OS/c1-8(6-11-4-5-11)16-7-12-17-14(19)13-9(2)10(3)20-15(13)18-12/h8,11,16H,4-7H2,1-3H3,(H,17,18,19). The first kappa shape index (κ1) is 13.8. The molecule has 2 aromatic heterocycles. The van der Waals surface area contributed by atoms with E-state index >= 15 is 0 Å². The van der Waals surface area contributed by atoms with E-state index in [-0.39, 0.29) is 5.56 Å². The molecule has 1 unspecified atom stereocenters. The lowest BCUT2D eigenvalue weighted by Gasteiger charge is -2.12. The number of hydrogen-bond donors (Lipinski definition) is 2. The highest BCUT2D eigenvalue weighted by molar-refractivity contribution is 7.18. The number of hydrogen-bond acceptors (Lipinski definition) is 4. The Balaban J connectivity index is 1.76. The lowest BCUT2D eigenvalue weighted by atomic mass is 10.1. The van der Waals surface area contributed by atoms with Crippen LogP contribution in [-0.2, 0) is 6.54 Å². The van der Waals surface area contributed by atoms with E-state index in [2.05, 4.69) is 22.2 Å². The lowest BCUT2D eigenvalue weighted by Crippen LogP contribution is -2.28. The monoisotopic (exact) mass is 291 g/mol. The molecule has 1 atom stereocenters. The van der Waals surface area contributed by atoms with Crippen LogP contribution < -0.4 is 10.9 Å². The zero-order valence-corrected chi connectivity index (χ0v) is 13.1. The summed E-state index contributed by atoms with van der Waals surface area (Å²) in [5, 5.41) is 4.21. The highest BCUT2D eigenvalue weighted by atomic mass is 32.1.